The lowest BCUT2D eigenvalue weighted by Crippen LogP contribution is -2.22. The highest BCUT2D eigenvalue weighted by Gasteiger charge is 2.16. The van der Waals surface area contributed by atoms with Crippen LogP contribution in [0.1, 0.15) is 45.1 Å². The first kappa shape index (κ1) is 18.0. The maximum absolute atomic E-state index is 12.2. The van der Waals surface area contributed by atoms with E-state index in [-0.39, 0.29) is 24.1 Å². The second kappa shape index (κ2) is 8.05. The Bertz CT molecular complexity index is 774. The van der Waals surface area contributed by atoms with E-state index in [4.69, 9.17) is 19.0 Å². The molecular formula is C19H21NO6. The van der Waals surface area contributed by atoms with E-state index in [2.05, 4.69) is 5.32 Å². The van der Waals surface area contributed by atoms with Gasteiger partial charge in [0.1, 0.15) is 29.4 Å². The molecule has 0 saturated carbocycles. The zero-order valence-electron chi connectivity index (χ0n) is 14.5. The van der Waals surface area contributed by atoms with E-state index < -0.39 is 5.97 Å². The molecule has 26 heavy (non-hydrogen) atoms. The molecule has 0 radical (unpaired) electrons. The van der Waals surface area contributed by atoms with E-state index in [1.54, 1.807) is 31.2 Å². The van der Waals surface area contributed by atoms with Gasteiger partial charge in [0.15, 0.2) is 0 Å². The van der Waals surface area contributed by atoms with Gasteiger partial charge >= 0.3 is 5.97 Å². The predicted octanol–water partition coefficient (Wildman–Crippen LogP) is 2.77. The summed E-state index contributed by atoms with van der Waals surface area (Å²) in [5, 5.41) is 11.7. The highest BCUT2D eigenvalue weighted by molar-refractivity contribution is 5.94. The van der Waals surface area contributed by atoms with Crippen LogP contribution in [0.4, 0.5) is 0 Å². The number of hydrogen-bond acceptors (Lipinski definition) is 5. The molecule has 1 aromatic carbocycles. The summed E-state index contributed by atoms with van der Waals surface area (Å²) in [5.74, 6) is 0.0630. The summed E-state index contributed by atoms with van der Waals surface area (Å²) in [6.07, 6.45) is 2.22. The average Bonchev–Trinajstić information content (AvgIpc) is 3.27. The molecule has 7 nitrogen and oxygen atoms in total. The Morgan fingerprint density at radius 2 is 2.08 bits per heavy atom. The van der Waals surface area contributed by atoms with Gasteiger partial charge in [-0.3, -0.25) is 4.79 Å². The first-order valence-corrected chi connectivity index (χ1v) is 8.48. The summed E-state index contributed by atoms with van der Waals surface area (Å²) in [7, 11) is 0. The van der Waals surface area contributed by atoms with E-state index in [0.29, 0.717) is 29.4 Å². The molecule has 0 aliphatic carbocycles. The monoisotopic (exact) mass is 359 g/mol. The molecule has 138 valence electrons. The Morgan fingerprint density at radius 3 is 2.69 bits per heavy atom. The molecule has 1 aliphatic rings. The van der Waals surface area contributed by atoms with Crippen LogP contribution >= 0.6 is 0 Å². The van der Waals surface area contributed by atoms with Crippen molar-refractivity contribution < 1.29 is 28.6 Å². The predicted molar refractivity (Wildman–Crippen MR) is 92.5 cm³/mol. The fourth-order valence-corrected chi connectivity index (χ4v) is 2.78. The average molecular weight is 359 g/mol. The Balaban J connectivity index is 1.51. The Labute approximate surface area is 150 Å². The number of furan rings is 1. The fraction of sp³-hybridized carbons (Fsp3) is 0.368. The molecule has 1 atom stereocenters. The van der Waals surface area contributed by atoms with E-state index in [9.17, 15) is 9.59 Å². The molecule has 1 aromatic heterocycles. The molecule has 1 saturated heterocycles. The molecule has 2 aromatic rings. The third-order valence-electron chi connectivity index (χ3n) is 4.20. The van der Waals surface area contributed by atoms with Gasteiger partial charge in [-0.1, -0.05) is 0 Å². The van der Waals surface area contributed by atoms with Crippen LogP contribution in [0.5, 0.6) is 5.75 Å². The van der Waals surface area contributed by atoms with Gasteiger partial charge in [0, 0.05) is 12.2 Å². The van der Waals surface area contributed by atoms with Gasteiger partial charge in [0.2, 0.25) is 0 Å². The summed E-state index contributed by atoms with van der Waals surface area (Å²) < 4.78 is 16.5. The van der Waals surface area contributed by atoms with Crippen LogP contribution in [0.3, 0.4) is 0 Å². The number of aromatic carboxylic acids is 1. The van der Waals surface area contributed by atoms with Crippen LogP contribution in [-0.4, -0.2) is 36.3 Å². The number of carbonyl (C=O) groups excluding carboxylic acids is 1. The quantitative estimate of drug-likeness (QED) is 0.789. The van der Waals surface area contributed by atoms with Crippen molar-refractivity contribution in [1.82, 2.24) is 5.32 Å². The lowest BCUT2D eigenvalue weighted by atomic mass is 10.2. The maximum Gasteiger partial charge on any atom is 0.339 e. The van der Waals surface area contributed by atoms with Crippen LogP contribution in [-0.2, 0) is 11.3 Å². The minimum Gasteiger partial charge on any atom is -0.491 e. The van der Waals surface area contributed by atoms with E-state index in [1.807, 2.05) is 0 Å². The molecule has 0 bridgehead atoms. The number of amides is 1. The molecule has 7 heteroatoms. The van der Waals surface area contributed by atoms with Gasteiger partial charge < -0.3 is 24.3 Å². The van der Waals surface area contributed by atoms with E-state index in [0.717, 1.165) is 19.4 Å². The zero-order chi connectivity index (χ0) is 18.5. The number of benzene rings is 1. The second-order valence-corrected chi connectivity index (χ2v) is 6.14. The van der Waals surface area contributed by atoms with Crippen molar-refractivity contribution in [1.29, 1.82) is 0 Å². The number of aryl methyl sites for hydroxylation is 1. The molecular weight excluding hydrogens is 338 g/mol. The van der Waals surface area contributed by atoms with Gasteiger partial charge in [-0.15, -0.1) is 0 Å². The third-order valence-corrected chi connectivity index (χ3v) is 4.20. The fourth-order valence-electron chi connectivity index (χ4n) is 2.78. The molecule has 3 rings (SSSR count). The molecule has 1 aliphatic heterocycles. The number of carboxylic acids is 1. The standard InChI is InChI=1S/C19H21NO6/c1-12-17(19(22)23)9-16(26-12)10-20-18(21)13-4-6-14(7-5-13)25-11-15-3-2-8-24-15/h4-7,9,15H,2-3,8,10-11H2,1H3,(H,20,21)(H,22,23)/t15-/m1/s1. The Kier molecular flexibility index (Phi) is 5.58. The number of hydrogen-bond donors (Lipinski definition) is 2. The summed E-state index contributed by atoms with van der Waals surface area (Å²) in [4.78, 5) is 23.2. The van der Waals surface area contributed by atoms with Crippen LogP contribution in [0.25, 0.3) is 0 Å². The van der Waals surface area contributed by atoms with Crippen LogP contribution < -0.4 is 10.1 Å². The highest BCUT2D eigenvalue weighted by Crippen LogP contribution is 2.17. The van der Waals surface area contributed by atoms with Gasteiger partial charge in [-0.2, -0.15) is 0 Å². The number of carboxylic acid groups (broad SMARTS) is 1. The lowest BCUT2D eigenvalue weighted by Gasteiger charge is -2.11. The summed E-state index contributed by atoms with van der Waals surface area (Å²) in [6, 6.07) is 8.25. The molecule has 2 heterocycles. The number of nitrogens with one attached hydrogen (secondary N) is 1. The van der Waals surface area contributed by atoms with Crippen molar-refractivity contribution in [2.45, 2.75) is 32.4 Å². The van der Waals surface area contributed by atoms with Crippen LogP contribution in [0.15, 0.2) is 34.7 Å². The minimum absolute atomic E-state index is 0.0991. The zero-order valence-corrected chi connectivity index (χ0v) is 14.5. The molecule has 0 unspecified atom stereocenters. The van der Waals surface area contributed by atoms with Crippen molar-refractivity contribution in [3.63, 3.8) is 0 Å². The van der Waals surface area contributed by atoms with E-state index in [1.165, 1.54) is 6.07 Å². The molecule has 2 N–H and O–H groups in total. The van der Waals surface area contributed by atoms with Gasteiger partial charge in [-0.05, 0) is 50.1 Å². The van der Waals surface area contributed by atoms with Crippen molar-refractivity contribution in [2.75, 3.05) is 13.2 Å². The second-order valence-electron chi connectivity index (χ2n) is 6.14. The number of ether oxygens (including phenoxy) is 2. The normalized spacial score (nSPS) is 16.4. The molecule has 1 amide bonds. The largest absolute Gasteiger partial charge is 0.491 e. The van der Waals surface area contributed by atoms with Gasteiger partial charge in [-0.25, -0.2) is 4.79 Å². The van der Waals surface area contributed by atoms with Crippen LogP contribution in [0, 0.1) is 6.92 Å². The Hall–Kier alpha value is -2.80. The Morgan fingerprint density at radius 1 is 1.31 bits per heavy atom. The van der Waals surface area contributed by atoms with Crippen molar-refractivity contribution in [3.8, 4) is 5.75 Å². The number of rotatable bonds is 7. The van der Waals surface area contributed by atoms with Crippen LogP contribution in [0.2, 0.25) is 0 Å². The van der Waals surface area contributed by atoms with E-state index >= 15 is 0 Å². The summed E-state index contributed by atoms with van der Waals surface area (Å²) in [5.41, 5.74) is 0.582. The topological polar surface area (TPSA) is 98.0 Å². The van der Waals surface area contributed by atoms with Crippen molar-refractivity contribution >= 4 is 11.9 Å². The van der Waals surface area contributed by atoms with Gasteiger partial charge in [0.25, 0.3) is 5.91 Å². The maximum atomic E-state index is 12.2. The summed E-state index contributed by atoms with van der Waals surface area (Å²) in [6.45, 7) is 2.99. The smallest absolute Gasteiger partial charge is 0.339 e. The van der Waals surface area contributed by atoms with Crippen molar-refractivity contribution in [2.24, 2.45) is 0 Å². The molecule has 0 spiro atoms. The van der Waals surface area contributed by atoms with Gasteiger partial charge in [0.05, 0.1) is 12.6 Å². The first-order valence-electron chi connectivity index (χ1n) is 8.48. The SMILES string of the molecule is Cc1oc(CNC(=O)c2ccc(OC[C@H]3CCCO3)cc2)cc1C(=O)O. The third kappa shape index (κ3) is 4.43. The lowest BCUT2D eigenvalue weighted by molar-refractivity contribution is 0.0679. The number of carbonyl (C=O) groups is 2. The van der Waals surface area contributed by atoms with Crippen molar-refractivity contribution in [3.05, 3.63) is 53.0 Å². The first-order chi connectivity index (χ1) is 12.5. The highest BCUT2D eigenvalue weighted by atomic mass is 16.5. The molecule has 1 fully saturated rings. The summed E-state index contributed by atoms with van der Waals surface area (Å²) >= 11 is 0. The minimum atomic E-state index is -1.05.